The van der Waals surface area contributed by atoms with Crippen molar-refractivity contribution < 1.29 is 22.7 Å². The van der Waals surface area contributed by atoms with Gasteiger partial charge in [-0.1, -0.05) is 48.0 Å². The lowest BCUT2D eigenvalue weighted by molar-refractivity contribution is -0.137. The number of carbonyl (C=O) groups is 1. The topological polar surface area (TPSA) is 41.6 Å². The Morgan fingerprint density at radius 1 is 1.13 bits per heavy atom. The first kappa shape index (κ1) is 22.6. The van der Waals surface area contributed by atoms with Crippen LogP contribution >= 0.6 is 11.6 Å². The van der Waals surface area contributed by atoms with E-state index in [2.05, 4.69) is 10.2 Å². The molecule has 30 heavy (non-hydrogen) atoms. The second-order valence-electron chi connectivity index (χ2n) is 7.40. The van der Waals surface area contributed by atoms with E-state index in [9.17, 15) is 18.0 Å². The molecule has 1 saturated heterocycles. The van der Waals surface area contributed by atoms with Crippen LogP contribution in [0.5, 0.6) is 0 Å². The van der Waals surface area contributed by atoms with Crippen molar-refractivity contribution >= 4 is 17.5 Å². The molecule has 1 heterocycles. The lowest BCUT2D eigenvalue weighted by atomic mass is 10.0. The minimum Gasteiger partial charge on any atom is -0.367 e. The number of hydrogen-bond acceptors (Lipinski definition) is 3. The van der Waals surface area contributed by atoms with Crippen molar-refractivity contribution in [3.63, 3.8) is 0 Å². The highest BCUT2D eigenvalue weighted by molar-refractivity contribution is 6.31. The number of likely N-dealkylation sites (tertiary alicyclic amines) is 1. The van der Waals surface area contributed by atoms with Crippen LogP contribution in [-0.2, 0) is 28.9 Å². The van der Waals surface area contributed by atoms with Gasteiger partial charge < -0.3 is 10.1 Å². The third kappa shape index (κ3) is 6.72. The molecule has 4 nitrogen and oxygen atoms in total. The van der Waals surface area contributed by atoms with Gasteiger partial charge in [0.05, 0.1) is 12.2 Å². The minimum absolute atomic E-state index is 0.0409. The largest absolute Gasteiger partial charge is 0.416 e. The normalized spacial score (nSPS) is 15.9. The highest BCUT2D eigenvalue weighted by Crippen LogP contribution is 2.30. The molecule has 0 radical (unpaired) electrons. The summed E-state index contributed by atoms with van der Waals surface area (Å²) in [5.74, 6) is -0.182. The molecule has 1 fully saturated rings. The first-order valence-corrected chi connectivity index (χ1v) is 10.2. The number of nitrogens with zero attached hydrogens (tertiary/aromatic N) is 1. The number of nitrogens with one attached hydrogen (secondary N) is 1. The molecule has 0 saturated carbocycles. The molecule has 0 aliphatic carbocycles. The third-order valence-corrected chi connectivity index (χ3v) is 5.43. The summed E-state index contributed by atoms with van der Waals surface area (Å²) in [7, 11) is 0. The summed E-state index contributed by atoms with van der Waals surface area (Å²) < 4.78 is 44.0. The van der Waals surface area contributed by atoms with E-state index in [1.807, 2.05) is 18.2 Å². The number of carbonyl (C=O) groups excluding carboxylic acids is 1. The third-order valence-electron chi connectivity index (χ3n) is 5.06. The van der Waals surface area contributed by atoms with E-state index >= 15 is 0 Å². The van der Waals surface area contributed by atoms with Crippen LogP contribution in [0.2, 0.25) is 5.02 Å². The van der Waals surface area contributed by atoms with E-state index in [-0.39, 0.29) is 25.2 Å². The number of benzene rings is 2. The van der Waals surface area contributed by atoms with E-state index in [4.69, 9.17) is 16.3 Å². The Morgan fingerprint density at radius 3 is 2.57 bits per heavy atom. The minimum atomic E-state index is -4.33. The van der Waals surface area contributed by atoms with Gasteiger partial charge in [-0.05, 0) is 36.1 Å². The van der Waals surface area contributed by atoms with Gasteiger partial charge in [0.15, 0.2) is 0 Å². The molecular formula is C22H24ClF3N2O2. The summed E-state index contributed by atoms with van der Waals surface area (Å²) >= 11 is 6.06. The van der Waals surface area contributed by atoms with Gasteiger partial charge in [0.2, 0.25) is 5.91 Å². The zero-order valence-electron chi connectivity index (χ0n) is 16.4. The first-order valence-electron chi connectivity index (χ1n) is 9.80. The van der Waals surface area contributed by atoms with Crippen LogP contribution in [0.25, 0.3) is 0 Å². The molecule has 1 amide bonds. The van der Waals surface area contributed by atoms with Crippen LogP contribution in [0.1, 0.15) is 29.5 Å². The fourth-order valence-corrected chi connectivity index (χ4v) is 3.67. The van der Waals surface area contributed by atoms with Crippen molar-refractivity contribution in [2.75, 3.05) is 19.7 Å². The molecule has 0 spiro atoms. The monoisotopic (exact) mass is 440 g/mol. The van der Waals surface area contributed by atoms with Gasteiger partial charge in [-0.3, -0.25) is 9.69 Å². The van der Waals surface area contributed by atoms with Crippen molar-refractivity contribution in [1.29, 1.82) is 0 Å². The van der Waals surface area contributed by atoms with Crippen LogP contribution in [0.4, 0.5) is 13.2 Å². The van der Waals surface area contributed by atoms with Gasteiger partial charge in [-0.2, -0.15) is 13.2 Å². The van der Waals surface area contributed by atoms with E-state index < -0.39 is 11.7 Å². The second kappa shape index (κ2) is 10.3. The van der Waals surface area contributed by atoms with E-state index in [0.717, 1.165) is 24.5 Å². The summed E-state index contributed by atoms with van der Waals surface area (Å²) in [6.45, 7) is 2.10. The summed E-state index contributed by atoms with van der Waals surface area (Å²) in [5.41, 5.74) is 0.842. The van der Waals surface area contributed by atoms with E-state index in [0.29, 0.717) is 30.2 Å². The Bertz CT molecular complexity index is 852. The lowest BCUT2D eigenvalue weighted by Gasteiger charge is -2.32. The SMILES string of the molecule is O=C(COCc1ccccc1Cl)NC1CCN(Cc2cccc(C(F)(F)F)c2)CC1. The van der Waals surface area contributed by atoms with Crippen molar-refractivity contribution in [1.82, 2.24) is 10.2 Å². The number of rotatable bonds is 7. The molecule has 0 unspecified atom stereocenters. The zero-order valence-corrected chi connectivity index (χ0v) is 17.2. The number of halogens is 4. The Morgan fingerprint density at radius 2 is 1.87 bits per heavy atom. The standard InChI is InChI=1S/C22H24ClF3N2O2/c23-20-7-2-1-5-17(20)14-30-15-21(29)27-19-8-10-28(11-9-19)13-16-4-3-6-18(12-16)22(24,25)26/h1-7,12,19H,8-11,13-15H2,(H,27,29). The van der Waals surface area contributed by atoms with Gasteiger partial charge in [-0.15, -0.1) is 0 Å². The Labute approximate surface area is 179 Å². The van der Waals surface area contributed by atoms with Crippen LogP contribution in [0.3, 0.4) is 0 Å². The summed E-state index contributed by atoms with van der Waals surface area (Å²) in [6.07, 6.45) is -2.84. The van der Waals surface area contributed by atoms with Gasteiger partial charge in [-0.25, -0.2) is 0 Å². The van der Waals surface area contributed by atoms with Crippen molar-refractivity contribution in [3.05, 3.63) is 70.2 Å². The molecule has 0 atom stereocenters. The quantitative estimate of drug-likeness (QED) is 0.681. The molecule has 0 bridgehead atoms. The summed E-state index contributed by atoms with van der Waals surface area (Å²) in [5, 5.41) is 3.56. The Balaban J connectivity index is 1.38. The molecule has 3 rings (SSSR count). The molecule has 2 aromatic carbocycles. The maximum atomic E-state index is 12.9. The number of hydrogen-bond donors (Lipinski definition) is 1. The number of amides is 1. The molecule has 1 N–H and O–H groups in total. The van der Waals surface area contributed by atoms with Gasteiger partial charge in [0.1, 0.15) is 6.61 Å². The van der Waals surface area contributed by atoms with Gasteiger partial charge in [0.25, 0.3) is 0 Å². The maximum Gasteiger partial charge on any atom is 0.416 e. The molecule has 8 heteroatoms. The molecular weight excluding hydrogens is 417 g/mol. The number of ether oxygens (including phenoxy) is 1. The summed E-state index contributed by atoms with van der Waals surface area (Å²) in [4.78, 5) is 14.2. The maximum absolute atomic E-state index is 12.9. The highest BCUT2D eigenvalue weighted by Gasteiger charge is 2.30. The number of piperidine rings is 1. The molecule has 162 valence electrons. The zero-order chi connectivity index (χ0) is 21.6. The van der Waals surface area contributed by atoms with E-state index in [1.165, 1.54) is 12.1 Å². The lowest BCUT2D eigenvalue weighted by Crippen LogP contribution is -2.45. The molecule has 2 aromatic rings. The molecule has 0 aromatic heterocycles. The van der Waals surface area contributed by atoms with Crippen molar-refractivity contribution in [2.24, 2.45) is 0 Å². The predicted octanol–water partition coefficient (Wildman–Crippen LogP) is 4.66. The average molecular weight is 441 g/mol. The van der Waals surface area contributed by atoms with Gasteiger partial charge in [0, 0.05) is 30.7 Å². The second-order valence-corrected chi connectivity index (χ2v) is 7.81. The smallest absolute Gasteiger partial charge is 0.367 e. The van der Waals surface area contributed by atoms with Crippen molar-refractivity contribution in [2.45, 2.75) is 38.2 Å². The van der Waals surface area contributed by atoms with Crippen LogP contribution < -0.4 is 5.32 Å². The first-order chi connectivity index (χ1) is 14.3. The predicted molar refractivity (Wildman–Crippen MR) is 109 cm³/mol. The Hall–Kier alpha value is -2.09. The fraction of sp³-hybridized carbons (Fsp3) is 0.409. The van der Waals surface area contributed by atoms with Crippen LogP contribution in [-0.4, -0.2) is 36.5 Å². The average Bonchev–Trinajstić information content (AvgIpc) is 2.70. The van der Waals surface area contributed by atoms with Crippen LogP contribution in [0, 0.1) is 0 Å². The van der Waals surface area contributed by atoms with Crippen molar-refractivity contribution in [3.8, 4) is 0 Å². The molecule has 1 aliphatic rings. The number of alkyl halides is 3. The summed E-state index contributed by atoms with van der Waals surface area (Å²) in [6, 6.07) is 12.8. The van der Waals surface area contributed by atoms with E-state index in [1.54, 1.807) is 12.1 Å². The fourth-order valence-electron chi connectivity index (χ4n) is 3.48. The van der Waals surface area contributed by atoms with Crippen LogP contribution in [0.15, 0.2) is 48.5 Å². The van der Waals surface area contributed by atoms with Gasteiger partial charge >= 0.3 is 6.18 Å². The Kier molecular flexibility index (Phi) is 7.75. The highest BCUT2D eigenvalue weighted by atomic mass is 35.5. The molecule has 1 aliphatic heterocycles.